The Morgan fingerprint density at radius 1 is 1.14 bits per heavy atom. The average Bonchev–Trinajstić information content (AvgIpc) is 2.46. The van der Waals surface area contributed by atoms with Crippen LogP contribution in [0.25, 0.3) is 0 Å². The number of rotatable bonds is 5. The van der Waals surface area contributed by atoms with Crippen LogP contribution in [0.1, 0.15) is 11.1 Å². The number of nitrogen functional groups attached to an aromatic ring is 2. The van der Waals surface area contributed by atoms with Gasteiger partial charge in [0, 0.05) is 13.6 Å². The molecular weight excluding hydrogens is 300 g/mol. The number of thioether (sulfide) groups is 1. The van der Waals surface area contributed by atoms with Gasteiger partial charge in [-0.25, -0.2) is 0 Å². The second-order valence-electron chi connectivity index (χ2n) is 4.86. The molecule has 0 bridgehead atoms. The summed E-state index contributed by atoms with van der Waals surface area (Å²) in [5, 5.41) is 0.349. The molecule has 0 radical (unpaired) electrons. The summed E-state index contributed by atoms with van der Waals surface area (Å²) in [6.45, 7) is 2.59. The highest BCUT2D eigenvalue weighted by Crippen LogP contribution is 2.15. The number of aromatic nitrogens is 3. The number of nitrogens with two attached hydrogens (primary N) is 2. The molecule has 0 atom stereocenters. The lowest BCUT2D eigenvalue weighted by molar-refractivity contribution is -0.127. The summed E-state index contributed by atoms with van der Waals surface area (Å²) in [6, 6.07) is 8.08. The number of nitrogens with zero attached hydrogens (tertiary/aromatic N) is 4. The zero-order chi connectivity index (χ0) is 16.1. The fourth-order valence-electron chi connectivity index (χ4n) is 1.74. The number of benzene rings is 1. The van der Waals surface area contributed by atoms with Crippen molar-refractivity contribution in [1.29, 1.82) is 0 Å². The van der Waals surface area contributed by atoms with Crippen molar-refractivity contribution in [2.75, 3.05) is 24.3 Å². The second-order valence-corrected chi connectivity index (χ2v) is 5.80. The third-order valence-electron chi connectivity index (χ3n) is 2.94. The molecule has 116 valence electrons. The van der Waals surface area contributed by atoms with Gasteiger partial charge < -0.3 is 16.4 Å². The first-order valence-corrected chi connectivity index (χ1v) is 7.62. The summed E-state index contributed by atoms with van der Waals surface area (Å²) in [5.41, 5.74) is 13.3. The molecule has 0 unspecified atom stereocenters. The van der Waals surface area contributed by atoms with Crippen molar-refractivity contribution in [2.45, 2.75) is 18.6 Å². The topological polar surface area (TPSA) is 111 Å². The Hall–Kier alpha value is -2.35. The van der Waals surface area contributed by atoms with Crippen molar-refractivity contribution in [3.05, 3.63) is 35.4 Å². The Balaban J connectivity index is 1.89. The zero-order valence-electron chi connectivity index (χ0n) is 12.5. The van der Waals surface area contributed by atoms with Gasteiger partial charge in [0.05, 0.1) is 5.75 Å². The van der Waals surface area contributed by atoms with Gasteiger partial charge in [-0.3, -0.25) is 4.79 Å². The van der Waals surface area contributed by atoms with E-state index in [1.165, 1.54) is 17.3 Å². The summed E-state index contributed by atoms with van der Waals surface area (Å²) in [6.07, 6.45) is 0. The van der Waals surface area contributed by atoms with Gasteiger partial charge in [0.1, 0.15) is 0 Å². The first kappa shape index (κ1) is 16.0. The number of hydrogen-bond acceptors (Lipinski definition) is 7. The highest BCUT2D eigenvalue weighted by molar-refractivity contribution is 7.99. The van der Waals surface area contributed by atoms with Crippen LogP contribution in [-0.2, 0) is 11.3 Å². The van der Waals surface area contributed by atoms with E-state index in [1.807, 2.05) is 31.2 Å². The van der Waals surface area contributed by atoms with E-state index >= 15 is 0 Å². The van der Waals surface area contributed by atoms with Gasteiger partial charge >= 0.3 is 0 Å². The van der Waals surface area contributed by atoms with Gasteiger partial charge in [-0.2, -0.15) is 15.0 Å². The first-order valence-electron chi connectivity index (χ1n) is 6.63. The number of anilines is 2. The molecule has 1 amide bonds. The standard InChI is InChI=1S/C14H18N6OS/c1-9-3-5-10(6-4-9)7-20(2)11(21)8-22-14-18-12(15)17-13(16)19-14/h3-6H,7-8H2,1-2H3,(H4,15,16,17,18,19). The largest absolute Gasteiger partial charge is 0.368 e. The van der Waals surface area contributed by atoms with Crippen molar-refractivity contribution >= 4 is 29.6 Å². The summed E-state index contributed by atoms with van der Waals surface area (Å²) >= 11 is 1.18. The zero-order valence-corrected chi connectivity index (χ0v) is 13.3. The summed E-state index contributed by atoms with van der Waals surface area (Å²) in [4.78, 5) is 25.3. The predicted molar refractivity (Wildman–Crippen MR) is 87.0 cm³/mol. The molecule has 0 fully saturated rings. The number of amides is 1. The Kier molecular flexibility index (Phi) is 5.16. The molecule has 0 spiro atoms. The van der Waals surface area contributed by atoms with Gasteiger partial charge in [-0.15, -0.1) is 0 Å². The third-order valence-corrected chi connectivity index (χ3v) is 3.77. The monoisotopic (exact) mass is 318 g/mol. The molecule has 0 saturated heterocycles. The fourth-order valence-corrected chi connectivity index (χ4v) is 2.53. The quantitative estimate of drug-likeness (QED) is 0.794. The molecule has 8 heteroatoms. The smallest absolute Gasteiger partial charge is 0.233 e. The van der Waals surface area contributed by atoms with Crippen molar-refractivity contribution in [3.8, 4) is 0 Å². The molecule has 1 aromatic carbocycles. The highest BCUT2D eigenvalue weighted by atomic mass is 32.2. The van der Waals surface area contributed by atoms with Crippen LogP contribution in [0.2, 0.25) is 0 Å². The van der Waals surface area contributed by atoms with E-state index in [4.69, 9.17) is 11.5 Å². The molecule has 2 rings (SSSR count). The van der Waals surface area contributed by atoms with E-state index in [0.29, 0.717) is 11.7 Å². The second kappa shape index (κ2) is 7.08. The number of carbonyl (C=O) groups excluding carboxylic acids is 1. The Bertz CT molecular complexity index is 641. The number of carbonyl (C=O) groups is 1. The lowest BCUT2D eigenvalue weighted by Gasteiger charge is -2.17. The predicted octanol–water partition coefficient (Wildman–Crippen LogP) is 1.10. The van der Waals surface area contributed by atoms with Crippen molar-refractivity contribution in [1.82, 2.24) is 19.9 Å². The average molecular weight is 318 g/mol. The van der Waals surface area contributed by atoms with Crippen LogP contribution in [0.5, 0.6) is 0 Å². The minimum Gasteiger partial charge on any atom is -0.368 e. The van der Waals surface area contributed by atoms with Crippen LogP contribution >= 0.6 is 11.8 Å². The third kappa shape index (κ3) is 4.59. The van der Waals surface area contributed by atoms with E-state index in [2.05, 4.69) is 15.0 Å². The van der Waals surface area contributed by atoms with E-state index < -0.39 is 0 Å². The minimum absolute atomic E-state index is 0.0249. The number of aryl methyl sites for hydroxylation is 1. The molecule has 7 nitrogen and oxygen atoms in total. The van der Waals surface area contributed by atoms with E-state index in [-0.39, 0.29) is 23.6 Å². The molecule has 0 aliphatic carbocycles. The lowest BCUT2D eigenvalue weighted by Crippen LogP contribution is -2.27. The van der Waals surface area contributed by atoms with E-state index in [1.54, 1.807) is 11.9 Å². The molecule has 1 aromatic heterocycles. The normalized spacial score (nSPS) is 10.5. The maximum Gasteiger partial charge on any atom is 0.233 e. The van der Waals surface area contributed by atoms with Gasteiger partial charge in [-0.05, 0) is 12.5 Å². The van der Waals surface area contributed by atoms with Crippen molar-refractivity contribution < 1.29 is 4.79 Å². The van der Waals surface area contributed by atoms with Crippen LogP contribution in [0.4, 0.5) is 11.9 Å². The van der Waals surface area contributed by atoms with Crippen LogP contribution in [0.15, 0.2) is 29.4 Å². The first-order chi connectivity index (χ1) is 10.4. The minimum atomic E-state index is -0.0249. The fraction of sp³-hybridized carbons (Fsp3) is 0.286. The van der Waals surface area contributed by atoms with Crippen LogP contribution in [0, 0.1) is 6.92 Å². The SMILES string of the molecule is Cc1ccc(CN(C)C(=O)CSc2nc(N)nc(N)n2)cc1. The molecule has 0 aliphatic rings. The molecule has 1 heterocycles. The molecule has 0 saturated carbocycles. The van der Waals surface area contributed by atoms with Gasteiger partial charge in [-0.1, -0.05) is 41.6 Å². The molecule has 2 aromatic rings. The van der Waals surface area contributed by atoms with Crippen LogP contribution in [-0.4, -0.2) is 38.6 Å². The number of hydrogen-bond donors (Lipinski definition) is 2. The Morgan fingerprint density at radius 3 is 2.32 bits per heavy atom. The summed E-state index contributed by atoms with van der Waals surface area (Å²) in [5.74, 6) is 0.291. The van der Waals surface area contributed by atoms with Crippen LogP contribution < -0.4 is 11.5 Å². The summed E-state index contributed by atoms with van der Waals surface area (Å²) in [7, 11) is 1.76. The summed E-state index contributed by atoms with van der Waals surface area (Å²) < 4.78 is 0. The van der Waals surface area contributed by atoms with E-state index in [0.717, 1.165) is 5.56 Å². The highest BCUT2D eigenvalue weighted by Gasteiger charge is 2.12. The maximum atomic E-state index is 12.1. The van der Waals surface area contributed by atoms with Crippen molar-refractivity contribution in [2.24, 2.45) is 0 Å². The van der Waals surface area contributed by atoms with Crippen molar-refractivity contribution in [3.63, 3.8) is 0 Å². The Morgan fingerprint density at radius 2 is 1.73 bits per heavy atom. The Labute approximate surface area is 133 Å². The van der Waals surface area contributed by atoms with E-state index in [9.17, 15) is 4.79 Å². The van der Waals surface area contributed by atoms with Gasteiger partial charge in [0.25, 0.3) is 0 Å². The molecule has 0 aliphatic heterocycles. The molecule has 22 heavy (non-hydrogen) atoms. The van der Waals surface area contributed by atoms with Crippen LogP contribution in [0.3, 0.4) is 0 Å². The lowest BCUT2D eigenvalue weighted by atomic mass is 10.1. The molecule has 4 N–H and O–H groups in total. The van der Waals surface area contributed by atoms with Gasteiger partial charge in [0.15, 0.2) is 5.16 Å². The van der Waals surface area contributed by atoms with Gasteiger partial charge in [0.2, 0.25) is 17.8 Å². The maximum absolute atomic E-state index is 12.1. The molecular formula is C14H18N6OS.